The van der Waals surface area contributed by atoms with Gasteiger partial charge in [0.25, 0.3) is 0 Å². The summed E-state index contributed by atoms with van der Waals surface area (Å²) in [5.41, 5.74) is 11.7. The molecular weight excluding hydrogens is 721 g/mol. The molecule has 0 unspecified atom stereocenters. The van der Waals surface area contributed by atoms with Crippen molar-refractivity contribution in [3.8, 4) is 34.0 Å². The van der Waals surface area contributed by atoms with Crippen molar-refractivity contribution in [3.05, 3.63) is 194 Å². The normalized spacial score (nSPS) is 12.1. The fourth-order valence-corrected chi connectivity index (χ4v) is 9.58. The first-order valence-corrected chi connectivity index (χ1v) is 20.0. The highest BCUT2D eigenvalue weighted by molar-refractivity contribution is 6.39. The Hall–Kier alpha value is -8.02. The van der Waals surface area contributed by atoms with E-state index in [1.807, 2.05) is 24.3 Å². The van der Waals surface area contributed by atoms with E-state index in [4.69, 9.17) is 14.4 Å². The van der Waals surface area contributed by atoms with E-state index >= 15 is 0 Å². The van der Waals surface area contributed by atoms with Crippen molar-refractivity contribution in [1.82, 2.24) is 19.1 Å². The zero-order valence-corrected chi connectivity index (χ0v) is 31.7. The second kappa shape index (κ2) is 12.2. The molecule has 0 bridgehead atoms. The minimum absolute atomic E-state index is 0.587. The van der Waals surface area contributed by atoms with Crippen LogP contribution in [0, 0.1) is 0 Å². The highest BCUT2D eigenvalue weighted by Crippen LogP contribution is 2.48. The van der Waals surface area contributed by atoms with Gasteiger partial charge in [-0.2, -0.15) is 0 Å². The number of para-hydroxylation sites is 3. The molecule has 9 aromatic carbocycles. The van der Waals surface area contributed by atoms with E-state index < -0.39 is 0 Å². The van der Waals surface area contributed by atoms with Crippen molar-refractivity contribution < 1.29 is 4.42 Å². The molecule has 0 amide bonds. The molecule has 59 heavy (non-hydrogen) atoms. The van der Waals surface area contributed by atoms with Crippen LogP contribution in [0.5, 0.6) is 0 Å². The Balaban J connectivity index is 1.24. The predicted molar refractivity (Wildman–Crippen MR) is 244 cm³/mol. The van der Waals surface area contributed by atoms with Gasteiger partial charge in [0.2, 0.25) is 5.95 Å². The van der Waals surface area contributed by atoms with Gasteiger partial charge < -0.3 is 8.98 Å². The van der Waals surface area contributed by atoms with Gasteiger partial charge in [0, 0.05) is 38.2 Å². The second-order valence-electron chi connectivity index (χ2n) is 15.3. The van der Waals surface area contributed by atoms with Gasteiger partial charge >= 0.3 is 0 Å². The predicted octanol–water partition coefficient (Wildman–Crippen LogP) is 14.2. The molecule has 0 N–H and O–H groups in total. The molecule has 274 valence electrons. The lowest BCUT2D eigenvalue weighted by atomic mass is 9.96. The number of benzene rings is 9. The smallest absolute Gasteiger partial charge is 0.236 e. The quantitative estimate of drug-likeness (QED) is 0.180. The zero-order valence-electron chi connectivity index (χ0n) is 31.7. The Bertz CT molecular complexity index is 3820. The molecule has 0 aliphatic rings. The summed E-state index contributed by atoms with van der Waals surface area (Å²) < 4.78 is 11.4. The van der Waals surface area contributed by atoms with E-state index in [0.717, 1.165) is 66.4 Å². The van der Waals surface area contributed by atoms with Gasteiger partial charge in [-0.1, -0.05) is 158 Å². The zero-order chi connectivity index (χ0) is 38.6. The van der Waals surface area contributed by atoms with Crippen molar-refractivity contribution in [2.75, 3.05) is 0 Å². The van der Waals surface area contributed by atoms with Crippen LogP contribution in [0.2, 0.25) is 0 Å². The number of furan rings is 1. The molecule has 0 saturated carbocycles. The fourth-order valence-electron chi connectivity index (χ4n) is 9.58. The molecule has 13 rings (SSSR count). The Morgan fingerprint density at radius 1 is 0.373 bits per heavy atom. The van der Waals surface area contributed by atoms with Gasteiger partial charge in [-0.05, 0) is 69.1 Å². The van der Waals surface area contributed by atoms with E-state index in [1.165, 1.54) is 43.3 Å². The van der Waals surface area contributed by atoms with Gasteiger partial charge in [-0.25, -0.2) is 9.97 Å². The Kier molecular flexibility index (Phi) is 6.66. The fraction of sp³-hybridized carbons (Fsp3) is 0. The Morgan fingerprint density at radius 2 is 0.966 bits per heavy atom. The molecule has 4 heterocycles. The number of hydrogen-bond donors (Lipinski definition) is 0. The van der Waals surface area contributed by atoms with Crippen LogP contribution in [-0.2, 0) is 0 Å². The van der Waals surface area contributed by atoms with Gasteiger partial charge in [0.1, 0.15) is 16.8 Å². The average Bonchev–Trinajstić information content (AvgIpc) is 3.98. The van der Waals surface area contributed by atoms with E-state index in [2.05, 4.69) is 179 Å². The molecule has 0 atom stereocenters. The third kappa shape index (κ3) is 4.55. The first kappa shape index (κ1) is 32.1. The lowest BCUT2D eigenvalue weighted by molar-refractivity contribution is 0.666. The number of nitrogens with zero attached hydrogens (tertiary/aromatic N) is 4. The number of rotatable bonds is 4. The first-order valence-electron chi connectivity index (χ1n) is 20.0. The molecule has 0 fully saturated rings. The summed E-state index contributed by atoms with van der Waals surface area (Å²) in [4.78, 5) is 11.1. The molecule has 4 aromatic heterocycles. The molecule has 13 aromatic rings. The van der Waals surface area contributed by atoms with E-state index in [1.54, 1.807) is 0 Å². The molecule has 5 heteroatoms. The summed E-state index contributed by atoms with van der Waals surface area (Å²) in [7, 11) is 0. The summed E-state index contributed by atoms with van der Waals surface area (Å²) in [6, 6.07) is 68.9. The van der Waals surface area contributed by atoms with Gasteiger partial charge in [-0.3, -0.25) is 4.57 Å². The van der Waals surface area contributed by atoms with Crippen molar-refractivity contribution in [3.63, 3.8) is 0 Å². The van der Waals surface area contributed by atoms with Crippen molar-refractivity contribution >= 4 is 87.2 Å². The molecule has 0 spiro atoms. The third-order valence-electron chi connectivity index (χ3n) is 12.1. The standard InChI is InChI=1S/C54H32N4O/c1-3-15-33(16-4-1)34-27-29-36(30-28-34)49-53-50(42-24-12-14-26-45(42)59-53)56-54(55-49)58-43-25-13-11-23-41(43)46-39-21-9-10-22-40(39)48-47-38-20-8-7-17-35(38)31-32-44(47)57(52(48)51(46)58)37-18-5-2-6-19-37/h1-32H. The highest BCUT2D eigenvalue weighted by atomic mass is 16.3. The monoisotopic (exact) mass is 752 g/mol. The maximum Gasteiger partial charge on any atom is 0.236 e. The van der Waals surface area contributed by atoms with Crippen LogP contribution in [0.3, 0.4) is 0 Å². The van der Waals surface area contributed by atoms with Crippen molar-refractivity contribution in [1.29, 1.82) is 0 Å². The number of hydrogen-bond acceptors (Lipinski definition) is 3. The van der Waals surface area contributed by atoms with Crippen molar-refractivity contribution in [2.24, 2.45) is 0 Å². The topological polar surface area (TPSA) is 48.8 Å². The average molecular weight is 753 g/mol. The molecular formula is C54H32N4O. The van der Waals surface area contributed by atoms with Crippen LogP contribution in [-0.4, -0.2) is 19.1 Å². The van der Waals surface area contributed by atoms with Crippen LogP contribution in [0.4, 0.5) is 0 Å². The van der Waals surface area contributed by atoms with Crippen LogP contribution in [0.1, 0.15) is 0 Å². The highest BCUT2D eigenvalue weighted by Gasteiger charge is 2.27. The number of aromatic nitrogens is 4. The molecule has 0 aliphatic carbocycles. The molecule has 0 aliphatic heterocycles. The van der Waals surface area contributed by atoms with Crippen LogP contribution >= 0.6 is 0 Å². The van der Waals surface area contributed by atoms with Crippen LogP contribution in [0.15, 0.2) is 199 Å². The van der Waals surface area contributed by atoms with Gasteiger partial charge in [0.15, 0.2) is 5.58 Å². The van der Waals surface area contributed by atoms with E-state index in [9.17, 15) is 0 Å². The summed E-state index contributed by atoms with van der Waals surface area (Å²) in [5.74, 6) is 0.587. The lowest BCUT2D eigenvalue weighted by Gasteiger charge is -2.14. The van der Waals surface area contributed by atoms with Gasteiger partial charge in [-0.15, -0.1) is 0 Å². The van der Waals surface area contributed by atoms with Crippen LogP contribution in [0.25, 0.3) is 121 Å². The Morgan fingerprint density at radius 3 is 1.76 bits per heavy atom. The summed E-state index contributed by atoms with van der Waals surface area (Å²) in [6.45, 7) is 0. The molecule has 5 nitrogen and oxygen atoms in total. The summed E-state index contributed by atoms with van der Waals surface area (Å²) in [6.07, 6.45) is 0. The van der Waals surface area contributed by atoms with Crippen LogP contribution < -0.4 is 0 Å². The van der Waals surface area contributed by atoms with Gasteiger partial charge in [0.05, 0.1) is 22.1 Å². The summed E-state index contributed by atoms with van der Waals surface area (Å²) >= 11 is 0. The molecule has 0 radical (unpaired) electrons. The summed E-state index contributed by atoms with van der Waals surface area (Å²) in [5, 5.41) is 10.5. The van der Waals surface area contributed by atoms with E-state index in [-0.39, 0.29) is 0 Å². The number of fused-ring (bicyclic) bond motifs is 15. The largest absolute Gasteiger partial charge is 0.452 e. The molecule has 0 saturated heterocycles. The minimum atomic E-state index is 0.587. The van der Waals surface area contributed by atoms with E-state index in [0.29, 0.717) is 11.5 Å². The maximum absolute atomic E-state index is 6.65. The maximum atomic E-state index is 6.65. The Labute approximate surface area is 337 Å². The second-order valence-corrected chi connectivity index (χ2v) is 15.3. The first-order chi connectivity index (χ1) is 29.3. The third-order valence-corrected chi connectivity index (χ3v) is 12.1. The lowest BCUT2D eigenvalue weighted by Crippen LogP contribution is -2.04. The SMILES string of the molecule is c1ccc(-c2ccc(-c3nc(-n4c5ccccc5c5c6ccccc6c6c7c8ccccc8ccc7n(-c7ccccc7)c6c54)nc4c3oc3ccccc34)cc2)cc1. The van der Waals surface area contributed by atoms with Crippen molar-refractivity contribution in [2.45, 2.75) is 0 Å². The minimum Gasteiger partial charge on any atom is -0.452 e.